The molecule has 0 aliphatic rings. The highest BCUT2D eigenvalue weighted by molar-refractivity contribution is 7.89. The van der Waals surface area contributed by atoms with Crippen molar-refractivity contribution < 1.29 is 13.2 Å². The number of rotatable bonds is 10. The van der Waals surface area contributed by atoms with Crippen LogP contribution in [-0.4, -0.2) is 14.3 Å². The fourth-order valence-electron chi connectivity index (χ4n) is 4.11. The second-order valence-corrected chi connectivity index (χ2v) is 10.5. The van der Waals surface area contributed by atoms with E-state index >= 15 is 0 Å². The molecule has 0 aliphatic heterocycles. The molecular weight excluding hydrogens is 468 g/mol. The van der Waals surface area contributed by atoms with Crippen LogP contribution in [0.3, 0.4) is 0 Å². The van der Waals surface area contributed by atoms with Crippen molar-refractivity contribution in [2.75, 3.05) is 0 Å². The second kappa shape index (κ2) is 11.8. The summed E-state index contributed by atoms with van der Waals surface area (Å²) in [5, 5.41) is 3.12. The highest BCUT2D eigenvalue weighted by Crippen LogP contribution is 2.31. The van der Waals surface area contributed by atoms with E-state index in [9.17, 15) is 13.2 Å². The molecule has 6 heteroatoms. The third-order valence-corrected chi connectivity index (χ3v) is 7.52. The molecule has 0 saturated heterocycles. The number of amides is 1. The number of carbonyl (C=O) groups is 1. The van der Waals surface area contributed by atoms with Crippen LogP contribution in [-0.2, 0) is 21.2 Å². The first-order chi connectivity index (χ1) is 17.4. The predicted molar refractivity (Wildman–Crippen MR) is 143 cm³/mol. The summed E-state index contributed by atoms with van der Waals surface area (Å²) in [6.07, 6.45) is 0.888. The van der Waals surface area contributed by atoms with Crippen molar-refractivity contribution in [2.45, 2.75) is 36.7 Å². The summed E-state index contributed by atoms with van der Waals surface area (Å²) in [4.78, 5) is 13.3. The van der Waals surface area contributed by atoms with Gasteiger partial charge >= 0.3 is 0 Å². The molecule has 0 unspecified atom stereocenters. The molecule has 0 aliphatic carbocycles. The Labute approximate surface area is 213 Å². The number of nitrogens with one attached hydrogen (secondary N) is 2. The maximum Gasteiger partial charge on any atom is 0.241 e. The first-order valence-electron chi connectivity index (χ1n) is 11.9. The van der Waals surface area contributed by atoms with Crippen LogP contribution in [0.1, 0.15) is 40.8 Å². The highest BCUT2D eigenvalue weighted by Gasteiger charge is 2.31. The van der Waals surface area contributed by atoms with Crippen LogP contribution in [0.5, 0.6) is 0 Å². The Bertz CT molecular complexity index is 1360. The fraction of sp³-hybridized carbons (Fsp3) is 0.167. The van der Waals surface area contributed by atoms with Gasteiger partial charge in [0.25, 0.3) is 0 Å². The number of hydrogen-bond acceptors (Lipinski definition) is 3. The normalized spacial score (nSPS) is 13.0. The van der Waals surface area contributed by atoms with E-state index in [1.54, 1.807) is 24.3 Å². The van der Waals surface area contributed by atoms with Crippen molar-refractivity contribution in [3.8, 4) is 0 Å². The summed E-state index contributed by atoms with van der Waals surface area (Å²) in [5.74, 6) is -0.150. The summed E-state index contributed by atoms with van der Waals surface area (Å²) in [5.41, 5.74) is 3.61. The molecule has 4 rings (SSSR count). The average Bonchev–Trinajstić information content (AvgIpc) is 2.91. The smallest absolute Gasteiger partial charge is 0.241 e. The van der Waals surface area contributed by atoms with Gasteiger partial charge in [0.05, 0.1) is 17.0 Å². The van der Waals surface area contributed by atoms with Crippen molar-refractivity contribution in [1.29, 1.82) is 0 Å². The topological polar surface area (TPSA) is 75.3 Å². The molecule has 184 valence electrons. The molecule has 0 bridgehead atoms. The molecule has 0 radical (unpaired) electrons. The van der Waals surface area contributed by atoms with Gasteiger partial charge in [0.15, 0.2) is 0 Å². The van der Waals surface area contributed by atoms with E-state index in [0.717, 1.165) is 22.3 Å². The van der Waals surface area contributed by atoms with Crippen molar-refractivity contribution in [1.82, 2.24) is 10.0 Å². The molecule has 0 heterocycles. The van der Waals surface area contributed by atoms with E-state index < -0.39 is 22.1 Å². The summed E-state index contributed by atoms with van der Waals surface area (Å²) in [6.45, 7) is 1.91. The molecule has 0 aromatic heterocycles. The third-order valence-electron chi connectivity index (χ3n) is 6.06. The van der Waals surface area contributed by atoms with Gasteiger partial charge in [0.2, 0.25) is 15.9 Å². The van der Waals surface area contributed by atoms with Crippen molar-refractivity contribution in [2.24, 2.45) is 0 Å². The van der Waals surface area contributed by atoms with Crippen LogP contribution >= 0.6 is 0 Å². The standard InChI is InChI=1S/C30H30N2O3S/c1-23-17-20-27(21-18-23)36(34,35)32-30(26-15-9-4-10-16-26)29(25-13-7-3-8-14-25)31-28(33)22-19-24-11-5-2-6-12-24/h2-18,20-21,29-30,32H,19,22H2,1H3,(H,31,33)/t29-,30-/m1/s1. The molecular formula is C30H30N2O3S. The number of sulfonamides is 1. The van der Waals surface area contributed by atoms with Crippen LogP contribution in [0.15, 0.2) is 120 Å². The molecule has 2 atom stereocenters. The fourth-order valence-corrected chi connectivity index (χ4v) is 5.35. The molecule has 1 amide bonds. The average molecular weight is 499 g/mol. The summed E-state index contributed by atoms with van der Waals surface area (Å²) in [6, 6.07) is 34.0. The zero-order valence-electron chi connectivity index (χ0n) is 20.2. The Hall–Kier alpha value is -3.74. The lowest BCUT2D eigenvalue weighted by Crippen LogP contribution is -2.40. The van der Waals surface area contributed by atoms with Crippen molar-refractivity contribution >= 4 is 15.9 Å². The Balaban J connectivity index is 1.66. The summed E-state index contributed by atoms with van der Waals surface area (Å²) < 4.78 is 29.8. The predicted octanol–water partition coefficient (Wildman–Crippen LogP) is 5.50. The largest absolute Gasteiger partial charge is 0.347 e. The number of carbonyl (C=O) groups excluding carboxylic acids is 1. The number of aryl methyl sites for hydroxylation is 2. The van der Waals surface area contributed by atoms with E-state index in [4.69, 9.17) is 0 Å². The molecule has 5 nitrogen and oxygen atoms in total. The SMILES string of the molecule is Cc1ccc(S(=O)(=O)N[C@H](c2ccccc2)[C@H](NC(=O)CCc2ccccc2)c2ccccc2)cc1. The molecule has 4 aromatic carbocycles. The van der Waals surface area contributed by atoms with E-state index in [1.165, 1.54) is 0 Å². The Kier molecular flexibility index (Phi) is 8.31. The van der Waals surface area contributed by atoms with Crippen LogP contribution in [0.25, 0.3) is 0 Å². The third kappa shape index (κ3) is 6.68. The lowest BCUT2D eigenvalue weighted by atomic mass is 9.93. The van der Waals surface area contributed by atoms with Gasteiger partial charge in [-0.1, -0.05) is 109 Å². The zero-order chi connectivity index (χ0) is 25.4. The van der Waals surface area contributed by atoms with Gasteiger partial charge < -0.3 is 5.32 Å². The van der Waals surface area contributed by atoms with Gasteiger partial charge in [-0.05, 0) is 42.2 Å². The van der Waals surface area contributed by atoms with Gasteiger partial charge in [-0.3, -0.25) is 4.79 Å². The van der Waals surface area contributed by atoms with Crippen LogP contribution in [0.2, 0.25) is 0 Å². The van der Waals surface area contributed by atoms with Gasteiger partial charge in [-0.2, -0.15) is 0 Å². The van der Waals surface area contributed by atoms with Crippen molar-refractivity contribution in [3.05, 3.63) is 138 Å². The first kappa shape index (κ1) is 25.4. The number of benzene rings is 4. The van der Waals surface area contributed by atoms with E-state index in [0.29, 0.717) is 12.8 Å². The maximum absolute atomic E-state index is 13.4. The highest BCUT2D eigenvalue weighted by atomic mass is 32.2. The monoisotopic (exact) mass is 498 g/mol. The Morgan fingerprint density at radius 3 is 1.75 bits per heavy atom. The lowest BCUT2D eigenvalue weighted by molar-refractivity contribution is -0.122. The lowest BCUT2D eigenvalue weighted by Gasteiger charge is -2.30. The van der Waals surface area contributed by atoms with E-state index in [2.05, 4.69) is 10.0 Å². The van der Waals surface area contributed by atoms with Crippen LogP contribution in [0.4, 0.5) is 0 Å². The Morgan fingerprint density at radius 1 is 0.694 bits per heavy atom. The Morgan fingerprint density at radius 2 is 1.19 bits per heavy atom. The summed E-state index contributed by atoms with van der Waals surface area (Å²) >= 11 is 0. The molecule has 36 heavy (non-hydrogen) atoms. The van der Waals surface area contributed by atoms with E-state index in [-0.39, 0.29) is 10.8 Å². The van der Waals surface area contributed by atoms with Crippen LogP contribution in [0, 0.1) is 6.92 Å². The van der Waals surface area contributed by atoms with Gasteiger partial charge in [-0.25, -0.2) is 13.1 Å². The first-order valence-corrected chi connectivity index (χ1v) is 13.4. The molecule has 2 N–H and O–H groups in total. The molecule has 0 spiro atoms. The minimum absolute atomic E-state index is 0.150. The minimum Gasteiger partial charge on any atom is -0.347 e. The minimum atomic E-state index is -3.87. The van der Waals surface area contributed by atoms with Gasteiger partial charge in [0, 0.05) is 6.42 Å². The molecule has 0 saturated carbocycles. The molecule has 4 aromatic rings. The number of hydrogen-bond donors (Lipinski definition) is 2. The van der Waals surface area contributed by atoms with E-state index in [1.807, 2.05) is 97.9 Å². The summed E-state index contributed by atoms with van der Waals surface area (Å²) in [7, 11) is -3.87. The van der Waals surface area contributed by atoms with Crippen LogP contribution < -0.4 is 10.0 Å². The molecule has 0 fully saturated rings. The van der Waals surface area contributed by atoms with Crippen molar-refractivity contribution in [3.63, 3.8) is 0 Å². The second-order valence-electron chi connectivity index (χ2n) is 8.76. The quantitative estimate of drug-likeness (QED) is 0.303. The van der Waals surface area contributed by atoms with Gasteiger partial charge in [0.1, 0.15) is 0 Å². The van der Waals surface area contributed by atoms with Gasteiger partial charge in [-0.15, -0.1) is 0 Å². The zero-order valence-corrected chi connectivity index (χ0v) is 21.0. The maximum atomic E-state index is 13.4.